The Hall–Kier alpha value is -2.30. The van der Waals surface area contributed by atoms with E-state index in [0.29, 0.717) is 6.54 Å². The third-order valence-corrected chi connectivity index (χ3v) is 4.67. The number of anilines is 1. The Labute approximate surface area is 156 Å². The summed E-state index contributed by atoms with van der Waals surface area (Å²) in [5.74, 6) is -0.923. The molecule has 10 nitrogen and oxygen atoms in total. The second kappa shape index (κ2) is 9.58. The van der Waals surface area contributed by atoms with E-state index in [0.717, 1.165) is 0 Å². The molecule has 0 bridgehead atoms. The Kier molecular flexibility index (Phi) is 7.45. The van der Waals surface area contributed by atoms with Crippen molar-refractivity contribution in [3.63, 3.8) is 0 Å². The van der Waals surface area contributed by atoms with Gasteiger partial charge in [0.05, 0.1) is 19.1 Å². The SMILES string of the molecule is CNCCC(=O)OCC(=O)Nc1ccn(C2OC(CO)C(C)C2C)c(=O)n1. The lowest BCUT2D eigenvalue weighted by Gasteiger charge is -2.18. The van der Waals surface area contributed by atoms with Gasteiger partial charge in [-0.15, -0.1) is 0 Å². The number of amides is 1. The molecule has 4 atom stereocenters. The van der Waals surface area contributed by atoms with Gasteiger partial charge in [0.1, 0.15) is 12.0 Å². The molecule has 1 aliphatic heterocycles. The van der Waals surface area contributed by atoms with Crippen molar-refractivity contribution in [1.82, 2.24) is 14.9 Å². The maximum Gasteiger partial charge on any atom is 0.351 e. The number of rotatable bonds is 8. The number of carbonyl (C=O) groups excluding carboxylic acids is 2. The first kappa shape index (κ1) is 21.0. The Morgan fingerprint density at radius 1 is 1.37 bits per heavy atom. The first-order valence-corrected chi connectivity index (χ1v) is 8.83. The quantitative estimate of drug-likeness (QED) is 0.513. The Morgan fingerprint density at radius 3 is 2.70 bits per heavy atom. The zero-order chi connectivity index (χ0) is 20.0. The molecule has 1 aromatic heterocycles. The fourth-order valence-electron chi connectivity index (χ4n) is 2.85. The molecule has 2 heterocycles. The number of aliphatic hydroxyl groups is 1. The van der Waals surface area contributed by atoms with Crippen molar-refractivity contribution in [2.45, 2.75) is 32.6 Å². The molecule has 0 aliphatic carbocycles. The summed E-state index contributed by atoms with van der Waals surface area (Å²) in [7, 11) is 1.70. The highest BCUT2D eigenvalue weighted by molar-refractivity contribution is 5.91. The van der Waals surface area contributed by atoms with E-state index in [9.17, 15) is 19.5 Å². The molecule has 0 radical (unpaired) electrons. The summed E-state index contributed by atoms with van der Waals surface area (Å²) in [6.07, 6.45) is 0.770. The van der Waals surface area contributed by atoms with E-state index in [4.69, 9.17) is 9.47 Å². The summed E-state index contributed by atoms with van der Waals surface area (Å²) >= 11 is 0. The van der Waals surface area contributed by atoms with Crippen LogP contribution in [0.15, 0.2) is 17.1 Å². The van der Waals surface area contributed by atoms with E-state index in [2.05, 4.69) is 15.6 Å². The van der Waals surface area contributed by atoms with Gasteiger partial charge in [-0.25, -0.2) is 4.79 Å². The molecular weight excluding hydrogens is 356 g/mol. The van der Waals surface area contributed by atoms with Crippen molar-refractivity contribution in [3.8, 4) is 0 Å². The molecule has 1 fully saturated rings. The van der Waals surface area contributed by atoms with Gasteiger partial charge in [0, 0.05) is 18.7 Å². The maximum atomic E-state index is 12.3. The van der Waals surface area contributed by atoms with Crippen molar-refractivity contribution in [3.05, 3.63) is 22.7 Å². The summed E-state index contributed by atoms with van der Waals surface area (Å²) in [5.41, 5.74) is -0.582. The number of hydrogen-bond acceptors (Lipinski definition) is 8. The van der Waals surface area contributed by atoms with Crippen LogP contribution in [0.4, 0.5) is 5.82 Å². The zero-order valence-electron chi connectivity index (χ0n) is 15.7. The predicted octanol–water partition coefficient (Wildman–Crippen LogP) is -0.504. The third kappa shape index (κ3) is 5.34. The molecule has 150 valence electrons. The zero-order valence-corrected chi connectivity index (χ0v) is 15.7. The molecule has 27 heavy (non-hydrogen) atoms. The summed E-state index contributed by atoms with van der Waals surface area (Å²) in [6.45, 7) is 3.78. The number of esters is 1. The molecule has 10 heteroatoms. The number of nitrogens with zero attached hydrogens (tertiary/aromatic N) is 2. The van der Waals surface area contributed by atoms with Gasteiger partial charge in [0.15, 0.2) is 6.61 Å². The molecule has 0 spiro atoms. The summed E-state index contributed by atoms with van der Waals surface area (Å²) in [4.78, 5) is 39.3. The second-order valence-corrected chi connectivity index (χ2v) is 6.53. The molecule has 1 amide bonds. The number of hydrogen-bond donors (Lipinski definition) is 3. The van der Waals surface area contributed by atoms with Crippen molar-refractivity contribution in [2.24, 2.45) is 11.8 Å². The van der Waals surface area contributed by atoms with Gasteiger partial charge in [0.25, 0.3) is 5.91 Å². The highest BCUT2D eigenvalue weighted by atomic mass is 16.5. The largest absolute Gasteiger partial charge is 0.456 e. The van der Waals surface area contributed by atoms with Crippen LogP contribution in [-0.2, 0) is 19.1 Å². The van der Waals surface area contributed by atoms with Gasteiger partial charge in [-0.2, -0.15) is 4.98 Å². The smallest absolute Gasteiger partial charge is 0.351 e. The number of nitrogens with one attached hydrogen (secondary N) is 2. The van der Waals surface area contributed by atoms with Gasteiger partial charge in [-0.1, -0.05) is 13.8 Å². The summed E-state index contributed by atoms with van der Waals surface area (Å²) < 4.78 is 11.9. The average Bonchev–Trinajstić information content (AvgIpc) is 2.93. The maximum absolute atomic E-state index is 12.3. The first-order chi connectivity index (χ1) is 12.9. The van der Waals surface area contributed by atoms with E-state index in [1.165, 1.54) is 16.8 Å². The topological polar surface area (TPSA) is 132 Å². The normalized spacial score (nSPS) is 24.6. The third-order valence-electron chi connectivity index (χ3n) is 4.67. The van der Waals surface area contributed by atoms with Crippen molar-refractivity contribution >= 4 is 17.7 Å². The van der Waals surface area contributed by atoms with Crippen LogP contribution in [-0.4, -0.2) is 59.4 Å². The molecule has 1 aromatic rings. The molecular formula is C17H26N4O6. The van der Waals surface area contributed by atoms with E-state index < -0.39 is 30.4 Å². The molecule has 0 saturated carbocycles. The van der Waals surface area contributed by atoms with Crippen LogP contribution in [0.1, 0.15) is 26.5 Å². The Bertz CT molecular complexity index is 722. The lowest BCUT2D eigenvalue weighted by Crippen LogP contribution is -2.31. The van der Waals surface area contributed by atoms with Gasteiger partial charge in [0.2, 0.25) is 0 Å². The van der Waals surface area contributed by atoms with Gasteiger partial charge in [-0.05, 0) is 19.0 Å². The van der Waals surface area contributed by atoms with Gasteiger partial charge in [-0.3, -0.25) is 14.2 Å². The fraction of sp³-hybridized carbons (Fsp3) is 0.647. The van der Waals surface area contributed by atoms with Gasteiger partial charge < -0.3 is 25.2 Å². The number of aromatic nitrogens is 2. The average molecular weight is 382 g/mol. The van der Waals surface area contributed by atoms with Crippen molar-refractivity contribution < 1.29 is 24.2 Å². The van der Waals surface area contributed by atoms with Crippen LogP contribution < -0.4 is 16.3 Å². The minimum absolute atomic E-state index is 0.0131. The minimum atomic E-state index is -0.586. The molecule has 1 aliphatic rings. The van der Waals surface area contributed by atoms with Crippen LogP contribution in [0.25, 0.3) is 0 Å². The fourth-order valence-corrected chi connectivity index (χ4v) is 2.85. The number of ether oxygens (including phenoxy) is 2. The molecule has 0 aromatic carbocycles. The van der Waals surface area contributed by atoms with Crippen molar-refractivity contribution in [2.75, 3.05) is 32.1 Å². The summed E-state index contributed by atoms with van der Waals surface area (Å²) in [6, 6.07) is 1.47. The highest BCUT2D eigenvalue weighted by Crippen LogP contribution is 2.37. The molecule has 4 unspecified atom stereocenters. The first-order valence-electron chi connectivity index (χ1n) is 8.83. The van der Waals surface area contributed by atoms with Crippen LogP contribution in [0.2, 0.25) is 0 Å². The van der Waals surface area contributed by atoms with Crippen LogP contribution >= 0.6 is 0 Å². The Balaban J connectivity index is 1.96. The van der Waals surface area contributed by atoms with E-state index in [1.54, 1.807) is 7.05 Å². The molecule has 1 saturated heterocycles. The second-order valence-electron chi connectivity index (χ2n) is 6.53. The summed E-state index contributed by atoms with van der Waals surface area (Å²) in [5, 5.41) is 14.6. The van der Waals surface area contributed by atoms with Crippen molar-refractivity contribution in [1.29, 1.82) is 0 Å². The monoisotopic (exact) mass is 382 g/mol. The van der Waals surface area contributed by atoms with Crippen LogP contribution in [0, 0.1) is 11.8 Å². The van der Waals surface area contributed by atoms with E-state index >= 15 is 0 Å². The minimum Gasteiger partial charge on any atom is -0.456 e. The van der Waals surface area contributed by atoms with Crippen LogP contribution in [0.3, 0.4) is 0 Å². The molecule has 2 rings (SSSR count). The van der Waals surface area contributed by atoms with Crippen LogP contribution in [0.5, 0.6) is 0 Å². The van der Waals surface area contributed by atoms with E-state index in [1.807, 2.05) is 13.8 Å². The standard InChI is InChI=1S/C17H26N4O6/c1-10-11(2)16(27-12(10)8-22)21-7-5-13(20-17(21)25)19-14(23)9-26-15(24)4-6-18-3/h5,7,10-12,16,18,22H,4,6,8-9H2,1-3H3,(H,19,20,23,25). The lowest BCUT2D eigenvalue weighted by atomic mass is 9.93. The molecule has 3 N–H and O–H groups in total. The predicted molar refractivity (Wildman–Crippen MR) is 96.0 cm³/mol. The lowest BCUT2D eigenvalue weighted by molar-refractivity contribution is -0.147. The number of aliphatic hydroxyl groups excluding tert-OH is 1. The van der Waals surface area contributed by atoms with Gasteiger partial charge >= 0.3 is 11.7 Å². The van der Waals surface area contributed by atoms with E-state index in [-0.39, 0.29) is 36.8 Å². The highest BCUT2D eigenvalue weighted by Gasteiger charge is 2.40. The number of carbonyl (C=O) groups is 2. The Morgan fingerprint density at radius 2 is 2.11 bits per heavy atom.